The molecule has 18 heavy (non-hydrogen) atoms. The fraction of sp³-hybridized carbons (Fsp3) is 0.429. The summed E-state index contributed by atoms with van der Waals surface area (Å²) in [6.07, 6.45) is 5.68. The van der Waals surface area contributed by atoms with Crippen molar-refractivity contribution in [3.63, 3.8) is 0 Å². The molecule has 0 unspecified atom stereocenters. The number of aliphatic hydroxyl groups is 1. The fourth-order valence-corrected chi connectivity index (χ4v) is 3.57. The van der Waals surface area contributed by atoms with Crippen LogP contribution in [0, 0.1) is 12.3 Å². The van der Waals surface area contributed by atoms with Gasteiger partial charge in [0.2, 0.25) is 0 Å². The summed E-state index contributed by atoms with van der Waals surface area (Å²) in [6, 6.07) is 7.37. The summed E-state index contributed by atoms with van der Waals surface area (Å²) in [5.74, 6) is 2.51. The van der Waals surface area contributed by atoms with Crippen molar-refractivity contribution in [3.05, 3.63) is 35.4 Å². The predicted molar refractivity (Wildman–Crippen MR) is 73.1 cm³/mol. The highest BCUT2D eigenvalue weighted by Gasteiger charge is 2.18. The Balaban J connectivity index is 2.83. The lowest BCUT2D eigenvalue weighted by atomic mass is 9.98. The third kappa shape index (κ3) is 4.17. The van der Waals surface area contributed by atoms with Gasteiger partial charge in [0.05, 0.1) is 11.5 Å². The van der Waals surface area contributed by atoms with E-state index in [0.717, 1.165) is 11.1 Å². The van der Waals surface area contributed by atoms with Gasteiger partial charge in [0.1, 0.15) is 0 Å². The van der Waals surface area contributed by atoms with Crippen molar-refractivity contribution in [3.8, 4) is 12.3 Å². The van der Waals surface area contributed by atoms with Crippen LogP contribution in [0.3, 0.4) is 0 Å². The number of sulfone groups is 1. The highest BCUT2D eigenvalue weighted by molar-refractivity contribution is 7.91. The van der Waals surface area contributed by atoms with Gasteiger partial charge in [-0.15, -0.1) is 6.42 Å². The van der Waals surface area contributed by atoms with E-state index in [2.05, 4.69) is 5.92 Å². The molecule has 4 heteroatoms. The quantitative estimate of drug-likeness (QED) is 0.795. The van der Waals surface area contributed by atoms with E-state index in [-0.39, 0.29) is 30.5 Å². The van der Waals surface area contributed by atoms with Crippen LogP contribution in [-0.4, -0.2) is 31.6 Å². The lowest BCUT2D eigenvalue weighted by Crippen LogP contribution is -2.17. The summed E-state index contributed by atoms with van der Waals surface area (Å²) in [7, 11) is -3.14. The first-order chi connectivity index (χ1) is 8.50. The molecule has 98 valence electrons. The van der Waals surface area contributed by atoms with E-state index in [9.17, 15) is 8.42 Å². The molecule has 0 aliphatic carbocycles. The predicted octanol–water partition coefficient (Wildman–Crippen LogP) is 1.57. The fourth-order valence-electron chi connectivity index (χ4n) is 1.90. The molecular formula is C14H18O3S. The zero-order valence-electron chi connectivity index (χ0n) is 10.5. The molecule has 1 N–H and O–H groups in total. The van der Waals surface area contributed by atoms with E-state index in [1.807, 2.05) is 31.2 Å². The topological polar surface area (TPSA) is 54.4 Å². The van der Waals surface area contributed by atoms with Gasteiger partial charge in [0, 0.05) is 12.2 Å². The minimum absolute atomic E-state index is 0.0199. The van der Waals surface area contributed by atoms with Crippen LogP contribution in [0.1, 0.15) is 30.4 Å². The molecule has 3 nitrogen and oxygen atoms in total. The zero-order valence-corrected chi connectivity index (χ0v) is 11.3. The van der Waals surface area contributed by atoms with Crippen LogP contribution in [0.5, 0.6) is 0 Å². The maximum Gasteiger partial charge on any atom is 0.150 e. The minimum Gasteiger partial charge on any atom is -0.396 e. The average molecular weight is 266 g/mol. The van der Waals surface area contributed by atoms with Crippen LogP contribution < -0.4 is 0 Å². The molecule has 1 rings (SSSR count). The van der Waals surface area contributed by atoms with E-state index in [1.54, 1.807) is 0 Å². The highest BCUT2D eigenvalue weighted by atomic mass is 32.2. The summed E-state index contributed by atoms with van der Waals surface area (Å²) in [5.41, 5.74) is 1.62. The standard InChI is InChI=1S/C14H18O3S/c1-3-13-7-4-5-8-14(13)12(2)11-18(16,17)10-6-9-15/h1,4-5,7-8,12,15H,6,9-11H2,2H3/t12-/m0/s1. The van der Waals surface area contributed by atoms with Crippen molar-refractivity contribution in [2.75, 3.05) is 18.1 Å². The molecule has 1 atom stereocenters. The molecule has 0 spiro atoms. The molecule has 1 aromatic carbocycles. The third-order valence-corrected chi connectivity index (χ3v) is 4.68. The van der Waals surface area contributed by atoms with Gasteiger partial charge in [0.25, 0.3) is 0 Å². The Hall–Kier alpha value is -1.31. The van der Waals surface area contributed by atoms with Crippen LogP contribution in [0.2, 0.25) is 0 Å². The minimum atomic E-state index is -3.14. The molecule has 0 aromatic heterocycles. The van der Waals surface area contributed by atoms with Crippen molar-refractivity contribution in [2.45, 2.75) is 19.3 Å². The van der Waals surface area contributed by atoms with Gasteiger partial charge >= 0.3 is 0 Å². The number of terminal acetylenes is 1. The normalized spacial score (nSPS) is 12.9. The highest BCUT2D eigenvalue weighted by Crippen LogP contribution is 2.21. The zero-order chi connectivity index (χ0) is 13.6. The van der Waals surface area contributed by atoms with Crippen molar-refractivity contribution in [2.24, 2.45) is 0 Å². The second kappa shape index (κ2) is 6.58. The van der Waals surface area contributed by atoms with Crippen molar-refractivity contribution in [1.82, 2.24) is 0 Å². The Morgan fingerprint density at radius 1 is 1.39 bits per heavy atom. The molecular weight excluding hydrogens is 248 g/mol. The lowest BCUT2D eigenvalue weighted by Gasteiger charge is -2.14. The van der Waals surface area contributed by atoms with Gasteiger partial charge in [0.15, 0.2) is 9.84 Å². The van der Waals surface area contributed by atoms with Gasteiger partial charge in [-0.25, -0.2) is 8.42 Å². The molecule has 0 saturated carbocycles. The van der Waals surface area contributed by atoms with Crippen molar-refractivity contribution < 1.29 is 13.5 Å². The number of rotatable bonds is 6. The Morgan fingerprint density at radius 3 is 2.67 bits per heavy atom. The van der Waals surface area contributed by atoms with E-state index in [1.165, 1.54) is 0 Å². The number of hydrogen-bond donors (Lipinski definition) is 1. The Kier molecular flexibility index (Phi) is 5.39. The summed E-state index contributed by atoms with van der Waals surface area (Å²) in [6.45, 7) is 1.75. The summed E-state index contributed by atoms with van der Waals surface area (Å²) in [5, 5.41) is 8.67. The summed E-state index contributed by atoms with van der Waals surface area (Å²) in [4.78, 5) is 0. The molecule has 0 fully saturated rings. The first kappa shape index (κ1) is 14.7. The smallest absolute Gasteiger partial charge is 0.150 e. The Labute approximate surface area is 109 Å². The summed E-state index contributed by atoms with van der Waals surface area (Å²) >= 11 is 0. The molecule has 0 radical (unpaired) electrons. The molecule has 0 aliphatic rings. The molecule has 0 aliphatic heterocycles. The SMILES string of the molecule is C#Cc1ccccc1[C@@H](C)CS(=O)(=O)CCCO. The van der Waals surface area contributed by atoms with E-state index in [4.69, 9.17) is 11.5 Å². The van der Waals surface area contributed by atoms with Gasteiger partial charge in [-0.3, -0.25) is 0 Å². The van der Waals surface area contributed by atoms with Crippen LogP contribution in [-0.2, 0) is 9.84 Å². The lowest BCUT2D eigenvalue weighted by molar-refractivity contribution is 0.295. The number of hydrogen-bond acceptors (Lipinski definition) is 3. The number of benzene rings is 1. The molecule has 0 bridgehead atoms. The van der Waals surface area contributed by atoms with Gasteiger partial charge in [-0.2, -0.15) is 0 Å². The Bertz CT molecular complexity index is 526. The van der Waals surface area contributed by atoms with Gasteiger partial charge < -0.3 is 5.11 Å². The van der Waals surface area contributed by atoms with Gasteiger partial charge in [-0.1, -0.05) is 31.0 Å². The monoisotopic (exact) mass is 266 g/mol. The largest absolute Gasteiger partial charge is 0.396 e. The van der Waals surface area contributed by atoms with Crippen molar-refractivity contribution in [1.29, 1.82) is 0 Å². The second-order valence-electron chi connectivity index (χ2n) is 4.32. The van der Waals surface area contributed by atoms with Crippen LogP contribution >= 0.6 is 0 Å². The van der Waals surface area contributed by atoms with Crippen LogP contribution in [0.25, 0.3) is 0 Å². The summed E-state index contributed by atoms with van der Waals surface area (Å²) < 4.78 is 23.6. The average Bonchev–Trinajstić information content (AvgIpc) is 2.35. The second-order valence-corrected chi connectivity index (χ2v) is 6.55. The molecule has 0 heterocycles. The molecule has 0 saturated heterocycles. The number of aliphatic hydroxyl groups excluding tert-OH is 1. The van der Waals surface area contributed by atoms with Crippen LogP contribution in [0.4, 0.5) is 0 Å². The van der Waals surface area contributed by atoms with E-state index >= 15 is 0 Å². The third-order valence-electron chi connectivity index (χ3n) is 2.76. The van der Waals surface area contributed by atoms with Crippen LogP contribution in [0.15, 0.2) is 24.3 Å². The van der Waals surface area contributed by atoms with Crippen molar-refractivity contribution >= 4 is 9.84 Å². The van der Waals surface area contributed by atoms with E-state index in [0.29, 0.717) is 0 Å². The Morgan fingerprint density at radius 2 is 2.06 bits per heavy atom. The van der Waals surface area contributed by atoms with E-state index < -0.39 is 9.84 Å². The maximum absolute atomic E-state index is 11.8. The first-order valence-electron chi connectivity index (χ1n) is 5.87. The maximum atomic E-state index is 11.8. The van der Waals surface area contributed by atoms with Gasteiger partial charge in [-0.05, 0) is 24.0 Å². The molecule has 1 aromatic rings. The molecule has 0 amide bonds. The first-order valence-corrected chi connectivity index (χ1v) is 7.69.